The highest BCUT2D eigenvalue weighted by molar-refractivity contribution is 6.30. The van der Waals surface area contributed by atoms with Gasteiger partial charge in [0.15, 0.2) is 5.88 Å². The maximum Gasteiger partial charge on any atom is 0.280 e. The molecule has 0 radical (unpaired) electrons. The summed E-state index contributed by atoms with van der Waals surface area (Å²) in [6.07, 6.45) is 0. The number of rotatable bonds is 3. The van der Waals surface area contributed by atoms with Crippen molar-refractivity contribution in [3.8, 4) is 28.3 Å². The van der Waals surface area contributed by atoms with Gasteiger partial charge in [-0.3, -0.25) is 4.79 Å². The van der Waals surface area contributed by atoms with Crippen molar-refractivity contribution in [3.05, 3.63) is 101 Å². The number of aromatic amines is 1. The van der Waals surface area contributed by atoms with Gasteiger partial charge in [0.05, 0.1) is 22.5 Å². The molecule has 0 aliphatic carbocycles. The van der Waals surface area contributed by atoms with E-state index < -0.39 is 0 Å². The van der Waals surface area contributed by atoms with Gasteiger partial charge in [-0.1, -0.05) is 84.4 Å². The molecule has 0 atom stereocenters. The number of carbonyl (C=O) groups excluding carboxylic acids is 1. The van der Waals surface area contributed by atoms with Crippen LogP contribution in [0.3, 0.4) is 0 Å². The fourth-order valence-corrected chi connectivity index (χ4v) is 3.74. The Morgan fingerprint density at radius 1 is 0.724 bits per heavy atom. The summed E-state index contributed by atoms with van der Waals surface area (Å²) < 4.78 is 0. The zero-order chi connectivity index (χ0) is 20.0. The van der Waals surface area contributed by atoms with Crippen LogP contribution in [0, 0.1) is 6.92 Å². The van der Waals surface area contributed by atoms with Crippen LogP contribution in [0.4, 0.5) is 0 Å². The van der Waals surface area contributed by atoms with Crippen molar-refractivity contribution in [3.63, 3.8) is 0 Å². The SMILES string of the molecule is Cc1ccc(-c2ccc(C3=NC(=O)c4c(-c5ccccc5)[nH]c(O)c43)cc2)cc1. The third-order valence-electron chi connectivity index (χ3n) is 5.25. The minimum absolute atomic E-state index is 0.0361. The lowest BCUT2D eigenvalue weighted by Crippen LogP contribution is -1.99. The Labute approximate surface area is 168 Å². The molecule has 1 aromatic heterocycles. The van der Waals surface area contributed by atoms with E-state index in [2.05, 4.69) is 41.2 Å². The Balaban J connectivity index is 1.55. The number of benzene rings is 3. The predicted octanol–water partition coefficient (Wildman–Crippen LogP) is 5.35. The minimum Gasteiger partial charge on any atom is -0.494 e. The van der Waals surface area contributed by atoms with Crippen molar-refractivity contribution < 1.29 is 9.90 Å². The van der Waals surface area contributed by atoms with Gasteiger partial charge in [0.2, 0.25) is 0 Å². The lowest BCUT2D eigenvalue weighted by atomic mass is 9.97. The molecule has 29 heavy (non-hydrogen) atoms. The van der Waals surface area contributed by atoms with Crippen LogP contribution in [-0.4, -0.2) is 21.7 Å². The zero-order valence-corrected chi connectivity index (χ0v) is 15.8. The number of H-pyrrole nitrogens is 1. The zero-order valence-electron chi connectivity index (χ0n) is 15.8. The fourth-order valence-electron chi connectivity index (χ4n) is 3.74. The molecule has 1 amide bonds. The van der Waals surface area contributed by atoms with Crippen LogP contribution >= 0.6 is 0 Å². The second kappa shape index (κ2) is 6.60. The number of carbonyl (C=O) groups is 1. The molecule has 1 aliphatic rings. The first-order valence-electron chi connectivity index (χ1n) is 9.43. The fraction of sp³-hybridized carbons (Fsp3) is 0.0400. The molecule has 0 fully saturated rings. The van der Waals surface area contributed by atoms with Crippen LogP contribution in [0.25, 0.3) is 22.4 Å². The van der Waals surface area contributed by atoms with Crippen LogP contribution in [0.5, 0.6) is 5.88 Å². The van der Waals surface area contributed by atoms with Gasteiger partial charge in [-0.15, -0.1) is 0 Å². The molecule has 0 unspecified atom stereocenters. The van der Waals surface area contributed by atoms with Crippen LogP contribution in [0.15, 0.2) is 83.9 Å². The molecule has 140 valence electrons. The number of hydrogen-bond acceptors (Lipinski definition) is 2. The topological polar surface area (TPSA) is 65.5 Å². The molecule has 2 N–H and O–H groups in total. The summed E-state index contributed by atoms with van der Waals surface area (Å²) in [5.41, 5.74) is 7.04. The van der Waals surface area contributed by atoms with E-state index in [0.717, 1.165) is 22.3 Å². The summed E-state index contributed by atoms with van der Waals surface area (Å²) in [4.78, 5) is 19.9. The van der Waals surface area contributed by atoms with Gasteiger partial charge < -0.3 is 10.1 Å². The molecule has 5 rings (SSSR count). The normalized spacial score (nSPS) is 12.7. The van der Waals surface area contributed by atoms with E-state index in [-0.39, 0.29) is 11.8 Å². The van der Waals surface area contributed by atoms with Gasteiger partial charge in [0.25, 0.3) is 5.91 Å². The lowest BCUT2D eigenvalue weighted by molar-refractivity contribution is 0.101. The van der Waals surface area contributed by atoms with Crippen molar-refractivity contribution in [2.45, 2.75) is 6.92 Å². The number of fused-ring (bicyclic) bond motifs is 1. The van der Waals surface area contributed by atoms with E-state index in [1.807, 2.05) is 54.6 Å². The van der Waals surface area contributed by atoms with Crippen molar-refractivity contribution in [2.24, 2.45) is 4.99 Å². The summed E-state index contributed by atoms with van der Waals surface area (Å²) in [6.45, 7) is 2.06. The maximum absolute atomic E-state index is 12.7. The van der Waals surface area contributed by atoms with Crippen LogP contribution < -0.4 is 0 Å². The third kappa shape index (κ3) is 2.86. The van der Waals surface area contributed by atoms with Gasteiger partial charge in [0, 0.05) is 5.56 Å². The summed E-state index contributed by atoms with van der Waals surface area (Å²) in [5, 5.41) is 10.5. The number of hydrogen-bond donors (Lipinski definition) is 2. The number of amides is 1. The van der Waals surface area contributed by atoms with Gasteiger partial charge in [0.1, 0.15) is 0 Å². The molecule has 0 saturated carbocycles. The molecule has 0 bridgehead atoms. The minimum atomic E-state index is -0.340. The Kier molecular flexibility index (Phi) is 3.91. The number of nitrogens with zero attached hydrogens (tertiary/aromatic N) is 1. The Morgan fingerprint density at radius 2 is 1.31 bits per heavy atom. The average molecular weight is 378 g/mol. The highest BCUT2D eigenvalue weighted by Gasteiger charge is 2.33. The molecule has 4 heteroatoms. The number of aromatic hydroxyl groups is 1. The van der Waals surface area contributed by atoms with Crippen molar-refractivity contribution in [1.82, 2.24) is 4.98 Å². The van der Waals surface area contributed by atoms with Crippen LogP contribution in [0.2, 0.25) is 0 Å². The number of aromatic nitrogens is 1. The molecule has 3 aromatic carbocycles. The molecular formula is C25H18N2O2. The highest BCUT2D eigenvalue weighted by atomic mass is 16.3. The number of nitrogens with one attached hydrogen (secondary N) is 1. The van der Waals surface area contributed by atoms with E-state index in [1.165, 1.54) is 5.56 Å². The monoisotopic (exact) mass is 378 g/mol. The van der Waals surface area contributed by atoms with Crippen LogP contribution in [-0.2, 0) is 0 Å². The van der Waals surface area contributed by atoms with Gasteiger partial charge in [-0.05, 0) is 23.6 Å². The van der Waals surface area contributed by atoms with E-state index in [4.69, 9.17) is 0 Å². The van der Waals surface area contributed by atoms with Crippen molar-refractivity contribution in [1.29, 1.82) is 0 Å². The lowest BCUT2D eigenvalue weighted by Gasteiger charge is -2.05. The molecule has 0 spiro atoms. The van der Waals surface area contributed by atoms with E-state index in [9.17, 15) is 9.90 Å². The molecular weight excluding hydrogens is 360 g/mol. The quantitative estimate of drug-likeness (QED) is 0.504. The summed E-state index contributed by atoms with van der Waals surface area (Å²) in [6, 6.07) is 25.7. The van der Waals surface area contributed by atoms with Gasteiger partial charge in [-0.25, -0.2) is 4.99 Å². The van der Waals surface area contributed by atoms with E-state index in [0.29, 0.717) is 22.5 Å². The number of aliphatic imine (C=N–C) groups is 1. The van der Waals surface area contributed by atoms with Crippen LogP contribution in [0.1, 0.15) is 27.0 Å². The van der Waals surface area contributed by atoms with Gasteiger partial charge >= 0.3 is 0 Å². The first-order valence-corrected chi connectivity index (χ1v) is 9.43. The highest BCUT2D eigenvalue weighted by Crippen LogP contribution is 2.38. The second-order valence-corrected chi connectivity index (χ2v) is 7.17. The first kappa shape index (κ1) is 17.2. The smallest absolute Gasteiger partial charge is 0.280 e. The third-order valence-corrected chi connectivity index (χ3v) is 5.25. The van der Waals surface area contributed by atoms with Gasteiger partial charge in [-0.2, -0.15) is 0 Å². The first-order chi connectivity index (χ1) is 14.1. The largest absolute Gasteiger partial charge is 0.494 e. The second-order valence-electron chi connectivity index (χ2n) is 7.17. The predicted molar refractivity (Wildman–Crippen MR) is 114 cm³/mol. The number of aryl methyl sites for hydroxylation is 1. The summed E-state index contributed by atoms with van der Waals surface area (Å²) >= 11 is 0. The standard InChI is InChI=1S/C25H18N2O2/c1-15-7-9-16(10-8-15)17-11-13-19(14-12-17)23-21-20(24(28)27-23)22(26-25(21)29)18-5-3-2-4-6-18/h2-14,26,29H,1H3. The van der Waals surface area contributed by atoms with Crippen molar-refractivity contribution >= 4 is 11.6 Å². The maximum atomic E-state index is 12.7. The molecule has 4 aromatic rings. The Hall–Kier alpha value is -3.92. The molecule has 0 saturated heterocycles. The average Bonchev–Trinajstić information content (AvgIpc) is 3.28. The summed E-state index contributed by atoms with van der Waals surface area (Å²) in [5.74, 6) is -0.376. The Bertz CT molecular complexity index is 1250. The van der Waals surface area contributed by atoms with E-state index in [1.54, 1.807) is 0 Å². The molecule has 1 aliphatic heterocycles. The van der Waals surface area contributed by atoms with Crippen molar-refractivity contribution in [2.75, 3.05) is 0 Å². The summed E-state index contributed by atoms with van der Waals surface area (Å²) in [7, 11) is 0. The molecule has 4 nitrogen and oxygen atoms in total. The molecule has 2 heterocycles. The van der Waals surface area contributed by atoms with E-state index >= 15 is 0 Å². The Morgan fingerprint density at radius 3 is 1.97 bits per heavy atom.